The highest BCUT2D eigenvalue weighted by atomic mass is 15.0. The number of nitrogens with one attached hydrogen (secondary N) is 1. The highest BCUT2D eigenvalue weighted by Gasteiger charge is 2.04. The molecule has 0 radical (unpaired) electrons. The van der Waals surface area contributed by atoms with Crippen LogP contribution in [-0.4, -0.2) is 9.97 Å². The van der Waals surface area contributed by atoms with Gasteiger partial charge < -0.3 is 10.7 Å². The van der Waals surface area contributed by atoms with E-state index in [1.807, 2.05) is 6.92 Å². The number of hydrogen-bond donors (Lipinski definition) is 2. The van der Waals surface area contributed by atoms with Gasteiger partial charge in [0.25, 0.3) is 0 Å². The Morgan fingerprint density at radius 3 is 2.58 bits per heavy atom. The van der Waals surface area contributed by atoms with Gasteiger partial charge in [0.2, 0.25) is 0 Å². The Morgan fingerprint density at radius 1 is 1.50 bits per heavy atom. The van der Waals surface area contributed by atoms with Crippen LogP contribution in [0, 0.1) is 12.8 Å². The first-order valence-corrected chi connectivity index (χ1v) is 4.40. The van der Waals surface area contributed by atoms with Crippen molar-refractivity contribution in [1.82, 2.24) is 9.97 Å². The van der Waals surface area contributed by atoms with Crippen LogP contribution >= 0.6 is 0 Å². The molecule has 0 saturated carbocycles. The molecule has 0 spiro atoms. The first kappa shape index (κ1) is 9.10. The summed E-state index contributed by atoms with van der Waals surface area (Å²) >= 11 is 0. The fourth-order valence-corrected chi connectivity index (χ4v) is 1.19. The van der Waals surface area contributed by atoms with Crippen molar-refractivity contribution in [3.63, 3.8) is 0 Å². The van der Waals surface area contributed by atoms with Crippen LogP contribution in [0.3, 0.4) is 0 Å². The largest absolute Gasteiger partial charge is 0.369 e. The lowest BCUT2D eigenvalue weighted by atomic mass is 10.1. The van der Waals surface area contributed by atoms with Crippen molar-refractivity contribution in [1.29, 1.82) is 0 Å². The number of rotatable bonds is 3. The second-order valence-corrected chi connectivity index (χ2v) is 3.63. The van der Waals surface area contributed by atoms with Crippen LogP contribution in [-0.2, 0) is 6.42 Å². The van der Waals surface area contributed by atoms with Gasteiger partial charge in [-0.1, -0.05) is 13.8 Å². The smallest absolute Gasteiger partial charge is 0.197 e. The van der Waals surface area contributed by atoms with E-state index in [2.05, 4.69) is 23.8 Å². The number of imidazole rings is 1. The van der Waals surface area contributed by atoms with Gasteiger partial charge in [0, 0.05) is 5.69 Å². The van der Waals surface area contributed by atoms with Crippen LogP contribution < -0.4 is 5.73 Å². The molecule has 3 heteroatoms. The van der Waals surface area contributed by atoms with Crippen molar-refractivity contribution in [2.24, 2.45) is 5.92 Å². The van der Waals surface area contributed by atoms with Crippen LogP contribution in [0.25, 0.3) is 0 Å². The maximum Gasteiger partial charge on any atom is 0.197 e. The molecule has 12 heavy (non-hydrogen) atoms. The number of aromatic amines is 1. The summed E-state index contributed by atoms with van der Waals surface area (Å²) in [5.74, 6) is 1.26. The summed E-state index contributed by atoms with van der Waals surface area (Å²) in [5.41, 5.74) is 7.74. The molecule has 1 rings (SSSR count). The number of H-pyrrole nitrogens is 1. The molecule has 0 amide bonds. The Hall–Kier alpha value is -0.990. The van der Waals surface area contributed by atoms with Crippen molar-refractivity contribution in [3.05, 3.63) is 11.4 Å². The number of nitrogen functional groups attached to an aromatic ring is 1. The summed E-state index contributed by atoms with van der Waals surface area (Å²) in [7, 11) is 0. The molecule has 0 aliphatic heterocycles. The number of hydrogen-bond acceptors (Lipinski definition) is 2. The second kappa shape index (κ2) is 3.61. The predicted molar refractivity (Wildman–Crippen MR) is 50.9 cm³/mol. The van der Waals surface area contributed by atoms with Gasteiger partial charge in [0.1, 0.15) is 0 Å². The maximum absolute atomic E-state index is 5.52. The second-order valence-electron chi connectivity index (χ2n) is 3.63. The first-order valence-electron chi connectivity index (χ1n) is 4.40. The van der Waals surface area contributed by atoms with Crippen molar-refractivity contribution in [3.8, 4) is 0 Å². The van der Waals surface area contributed by atoms with E-state index >= 15 is 0 Å². The minimum absolute atomic E-state index is 0.534. The minimum Gasteiger partial charge on any atom is -0.369 e. The Morgan fingerprint density at radius 2 is 2.17 bits per heavy atom. The molecule has 68 valence electrons. The molecule has 0 aromatic carbocycles. The van der Waals surface area contributed by atoms with Gasteiger partial charge in [-0.25, -0.2) is 4.98 Å². The molecule has 0 unspecified atom stereocenters. The third kappa shape index (κ3) is 2.26. The van der Waals surface area contributed by atoms with Gasteiger partial charge in [0.05, 0.1) is 5.69 Å². The molecular formula is C9H17N3. The van der Waals surface area contributed by atoms with E-state index in [-0.39, 0.29) is 0 Å². The van der Waals surface area contributed by atoms with Gasteiger partial charge in [-0.05, 0) is 25.7 Å². The highest BCUT2D eigenvalue weighted by molar-refractivity contribution is 5.25. The zero-order chi connectivity index (χ0) is 9.14. The molecule has 0 atom stereocenters. The average Bonchev–Trinajstić information content (AvgIpc) is 2.26. The fraction of sp³-hybridized carbons (Fsp3) is 0.667. The van der Waals surface area contributed by atoms with Gasteiger partial charge in [-0.15, -0.1) is 0 Å². The Balaban J connectivity index is 2.57. The summed E-state index contributed by atoms with van der Waals surface area (Å²) in [6.07, 6.45) is 2.20. The average molecular weight is 167 g/mol. The first-order chi connectivity index (χ1) is 5.59. The topological polar surface area (TPSA) is 54.7 Å². The van der Waals surface area contributed by atoms with Crippen LogP contribution in [0.1, 0.15) is 31.7 Å². The van der Waals surface area contributed by atoms with E-state index in [4.69, 9.17) is 5.73 Å². The molecular weight excluding hydrogens is 150 g/mol. The molecule has 1 aromatic heterocycles. The van der Waals surface area contributed by atoms with E-state index in [1.54, 1.807) is 0 Å². The molecule has 0 aliphatic rings. The molecule has 0 saturated heterocycles. The van der Waals surface area contributed by atoms with Crippen LogP contribution in [0.15, 0.2) is 0 Å². The van der Waals surface area contributed by atoms with Gasteiger partial charge >= 0.3 is 0 Å². The standard InChI is InChI=1S/C9H17N3/c1-6(2)4-5-8-7(3)11-9(10)12-8/h6H,4-5H2,1-3H3,(H3,10,11,12). The van der Waals surface area contributed by atoms with Crippen molar-refractivity contribution < 1.29 is 0 Å². The van der Waals surface area contributed by atoms with E-state index in [0.29, 0.717) is 5.95 Å². The number of nitrogens with zero attached hydrogens (tertiary/aromatic N) is 1. The zero-order valence-corrected chi connectivity index (χ0v) is 8.02. The van der Waals surface area contributed by atoms with Gasteiger partial charge in [-0.2, -0.15) is 0 Å². The summed E-state index contributed by atoms with van der Waals surface area (Å²) in [6.45, 7) is 6.44. The third-order valence-corrected chi connectivity index (χ3v) is 1.96. The van der Waals surface area contributed by atoms with Gasteiger partial charge in [0.15, 0.2) is 5.95 Å². The number of aromatic nitrogens is 2. The summed E-state index contributed by atoms with van der Waals surface area (Å²) in [4.78, 5) is 7.20. The minimum atomic E-state index is 0.534. The normalized spacial score (nSPS) is 11.0. The fourth-order valence-electron chi connectivity index (χ4n) is 1.19. The molecule has 0 fully saturated rings. The molecule has 3 nitrogen and oxygen atoms in total. The van der Waals surface area contributed by atoms with E-state index in [9.17, 15) is 0 Å². The van der Waals surface area contributed by atoms with Crippen molar-refractivity contribution in [2.75, 3.05) is 5.73 Å². The van der Waals surface area contributed by atoms with Crippen molar-refractivity contribution >= 4 is 5.95 Å². The predicted octanol–water partition coefficient (Wildman–Crippen LogP) is 1.89. The lowest BCUT2D eigenvalue weighted by molar-refractivity contribution is 0.581. The number of anilines is 1. The molecule has 0 bridgehead atoms. The monoisotopic (exact) mass is 167 g/mol. The van der Waals surface area contributed by atoms with E-state index in [1.165, 1.54) is 6.42 Å². The van der Waals surface area contributed by atoms with Crippen LogP contribution in [0.5, 0.6) is 0 Å². The summed E-state index contributed by atoms with van der Waals surface area (Å²) < 4.78 is 0. The van der Waals surface area contributed by atoms with Crippen molar-refractivity contribution in [2.45, 2.75) is 33.6 Å². The Labute approximate surface area is 73.4 Å². The van der Waals surface area contributed by atoms with Crippen LogP contribution in [0.2, 0.25) is 0 Å². The van der Waals surface area contributed by atoms with Crippen LogP contribution in [0.4, 0.5) is 5.95 Å². The Bertz CT molecular complexity index is 250. The summed E-state index contributed by atoms with van der Waals surface area (Å²) in [6, 6.07) is 0. The SMILES string of the molecule is Cc1[nH]c(N)nc1CCC(C)C. The highest BCUT2D eigenvalue weighted by Crippen LogP contribution is 2.11. The maximum atomic E-state index is 5.52. The van der Waals surface area contributed by atoms with Gasteiger partial charge in [-0.3, -0.25) is 0 Å². The summed E-state index contributed by atoms with van der Waals surface area (Å²) in [5, 5.41) is 0. The van der Waals surface area contributed by atoms with E-state index < -0.39 is 0 Å². The zero-order valence-electron chi connectivity index (χ0n) is 8.02. The lowest BCUT2D eigenvalue weighted by Gasteiger charge is -2.01. The number of nitrogens with two attached hydrogens (primary N) is 1. The van der Waals surface area contributed by atoms with E-state index in [0.717, 1.165) is 23.7 Å². The molecule has 1 aromatic rings. The lowest BCUT2D eigenvalue weighted by Crippen LogP contribution is -1.94. The molecule has 3 N–H and O–H groups in total. The quantitative estimate of drug-likeness (QED) is 0.722. The molecule has 1 heterocycles. The third-order valence-electron chi connectivity index (χ3n) is 1.96. The number of aryl methyl sites for hydroxylation is 2. The molecule has 0 aliphatic carbocycles. The Kier molecular flexibility index (Phi) is 2.74.